The summed E-state index contributed by atoms with van der Waals surface area (Å²) < 4.78 is 0. The van der Waals surface area contributed by atoms with Crippen LogP contribution in [0.4, 0.5) is 0 Å². The number of hydrogen-bond donors (Lipinski definition) is 3. The molecule has 3 atom stereocenters. The number of imidazole rings is 1. The second kappa shape index (κ2) is 4.73. The van der Waals surface area contributed by atoms with E-state index in [1.54, 1.807) is 0 Å². The maximum absolute atomic E-state index is 11.3. The first-order valence-electron chi connectivity index (χ1n) is 8.05. The van der Waals surface area contributed by atoms with Crippen LogP contribution < -0.4 is 11.0 Å². The van der Waals surface area contributed by atoms with Gasteiger partial charge < -0.3 is 15.3 Å². The molecule has 1 aromatic heterocycles. The molecular formula is C17H23N3O. The first kappa shape index (κ1) is 13.1. The fourth-order valence-electron chi connectivity index (χ4n) is 4.62. The summed E-state index contributed by atoms with van der Waals surface area (Å²) in [5.74, 6) is 1.57. The van der Waals surface area contributed by atoms with Crippen LogP contribution in [-0.4, -0.2) is 23.1 Å². The molecule has 0 amide bonds. The van der Waals surface area contributed by atoms with E-state index in [1.807, 2.05) is 6.07 Å². The number of H-pyrrole nitrogens is 2. The number of benzene rings is 1. The van der Waals surface area contributed by atoms with Crippen LogP contribution in [0.15, 0.2) is 23.0 Å². The van der Waals surface area contributed by atoms with E-state index in [-0.39, 0.29) is 5.69 Å². The first-order valence-corrected chi connectivity index (χ1v) is 8.05. The molecule has 2 aliphatic rings. The van der Waals surface area contributed by atoms with Crippen LogP contribution in [0.25, 0.3) is 11.0 Å². The highest BCUT2D eigenvalue weighted by atomic mass is 16.1. The van der Waals surface area contributed by atoms with Gasteiger partial charge in [-0.15, -0.1) is 0 Å². The van der Waals surface area contributed by atoms with Crippen LogP contribution in [0.1, 0.15) is 31.7 Å². The molecule has 21 heavy (non-hydrogen) atoms. The highest BCUT2D eigenvalue weighted by molar-refractivity contribution is 5.75. The molecule has 4 nitrogen and oxygen atoms in total. The third-order valence-corrected chi connectivity index (χ3v) is 5.67. The molecule has 2 aromatic rings. The van der Waals surface area contributed by atoms with Crippen LogP contribution in [0.2, 0.25) is 0 Å². The second-order valence-corrected chi connectivity index (χ2v) is 7.24. The highest BCUT2D eigenvalue weighted by Gasteiger charge is 2.44. The summed E-state index contributed by atoms with van der Waals surface area (Å²) in [7, 11) is 0. The van der Waals surface area contributed by atoms with Crippen molar-refractivity contribution in [1.29, 1.82) is 0 Å². The average molecular weight is 285 g/mol. The van der Waals surface area contributed by atoms with Gasteiger partial charge in [0.05, 0.1) is 11.0 Å². The third kappa shape index (κ3) is 2.31. The summed E-state index contributed by atoms with van der Waals surface area (Å²) >= 11 is 0. The molecule has 2 heterocycles. The van der Waals surface area contributed by atoms with E-state index in [1.165, 1.54) is 37.9 Å². The lowest BCUT2D eigenvalue weighted by Crippen LogP contribution is -2.20. The Bertz CT molecular complexity index is 708. The Balaban J connectivity index is 1.55. The molecule has 1 spiro atoms. The van der Waals surface area contributed by atoms with Gasteiger partial charge in [0.1, 0.15) is 0 Å². The van der Waals surface area contributed by atoms with Crippen molar-refractivity contribution in [1.82, 2.24) is 15.3 Å². The summed E-state index contributed by atoms with van der Waals surface area (Å²) in [6.07, 6.45) is 5.20. The minimum Gasteiger partial charge on any atom is -0.316 e. The van der Waals surface area contributed by atoms with E-state index in [0.29, 0.717) is 5.41 Å². The Hall–Kier alpha value is -1.55. The van der Waals surface area contributed by atoms with E-state index in [0.717, 1.165) is 29.3 Å². The Labute approximate surface area is 124 Å². The maximum Gasteiger partial charge on any atom is 0.323 e. The number of aromatic amines is 2. The lowest BCUT2D eigenvalue weighted by molar-refractivity contribution is 0.317. The lowest BCUT2D eigenvalue weighted by Gasteiger charge is -2.21. The van der Waals surface area contributed by atoms with E-state index in [2.05, 4.69) is 34.3 Å². The summed E-state index contributed by atoms with van der Waals surface area (Å²) in [5, 5.41) is 3.54. The van der Waals surface area contributed by atoms with Crippen molar-refractivity contribution in [3.63, 3.8) is 0 Å². The van der Waals surface area contributed by atoms with Crippen molar-refractivity contribution in [2.75, 3.05) is 13.1 Å². The van der Waals surface area contributed by atoms with Crippen molar-refractivity contribution in [3.05, 3.63) is 34.2 Å². The molecule has 3 unspecified atom stereocenters. The summed E-state index contributed by atoms with van der Waals surface area (Å²) in [6.45, 7) is 4.81. The fourth-order valence-corrected chi connectivity index (χ4v) is 4.62. The lowest BCUT2D eigenvalue weighted by atomic mass is 9.84. The van der Waals surface area contributed by atoms with Gasteiger partial charge in [-0.1, -0.05) is 13.0 Å². The number of rotatable bonds is 2. The van der Waals surface area contributed by atoms with Gasteiger partial charge >= 0.3 is 5.69 Å². The van der Waals surface area contributed by atoms with Gasteiger partial charge in [0.2, 0.25) is 0 Å². The first-order chi connectivity index (χ1) is 10.1. The zero-order valence-corrected chi connectivity index (χ0v) is 12.5. The zero-order chi connectivity index (χ0) is 14.4. The summed E-state index contributed by atoms with van der Waals surface area (Å²) in [5.41, 5.74) is 3.63. The molecule has 4 rings (SSSR count). The van der Waals surface area contributed by atoms with Gasteiger partial charge in [0, 0.05) is 6.54 Å². The highest BCUT2D eigenvalue weighted by Crippen LogP contribution is 2.49. The fraction of sp³-hybridized carbons (Fsp3) is 0.588. The topological polar surface area (TPSA) is 60.7 Å². The zero-order valence-electron chi connectivity index (χ0n) is 12.5. The molecule has 0 radical (unpaired) electrons. The molecule has 1 aliphatic heterocycles. The Kier molecular flexibility index (Phi) is 2.96. The molecule has 0 bridgehead atoms. The van der Waals surface area contributed by atoms with Gasteiger partial charge in [-0.3, -0.25) is 0 Å². The molecule has 112 valence electrons. The Morgan fingerprint density at radius 3 is 2.90 bits per heavy atom. The van der Waals surface area contributed by atoms with Gasteiger partial charge in [-0.05, 0) is 67.2 Å². The smallest absolute Gasteiger partial charge is 0.316 e. The second-order valence-electron chi connectivity index (χ2n) is 7.24. The molecule has 2 fully saturated rings. The Morgan fingerprint density at radius 2 is 2.10 bits per heavy atom. The third-order valence-electron chi connectivity index (χ3n) is 5.67. The molecule has 1 aromatic carbocycles. The molecule has 1 saturated heterocycles. The number of hydrogen-bond acceptors (Lipinski definition) is 2. The standard InChI is InChI=1S/C17H23N3O/c1-11-8-17(4-5-18-10-17)9-13(11)6-12-2-3-14-15(7-12)20-16(21)19-14/h2-3,7,11,13,18H,4-6,8-10H2,1H3,(H2,19,20,21). The van der Waals surface area contributed by atoms with Crippen LogP contribution in [0.3, 0.4) is 0 Å². The van der Waals surface area contributed by atoms with E-state index in [4.69, 9.17) is 0 Å². The maximum atomic E-state index is 11.3. The van der Waals surface area contributed by atoms with Gasteiger partial charge in [-0.25, -0.2) is 4.79 Å². The van der Waals surface area contributed by atoms with Crippen LogP contribution in [-0.2, 0) is 6.42 Å². The predicted molar refractivity (Wildman–Crippen MR) is 84.4 cm³/mol. The normalized spacial score (nSPS) is 32.4. The minimum absolute atomic E-state index is 0.118. The predicted octanol–water partition coefficient (Wildman–Crippen LogP) is 2.42. The number of nitrogens with one attached hydrogen (secondary N) is 3. The number of aromatic nitrogens is 2. The van der Waals surface area contributed by atoms with Crippen molar-refractivity contribution in [2.24, 2.45) is 17.3 Å². The van der Waals surface area contributed by atoms with Gasteiger partial charge in [0.15, 0.2) is 0 Å². The van der Waals surface area contributed by atoms with Crippen molar-refractivity contribution < 1.29 is 0 Å². The average Bonchev–Trinajstić information content (AvgIpc) is 3.10. The molecule has 3 N–H and O–H groups in total. The Morgan fingerprint density at radius 1 is 1.24 bits per heavy atom. The van der Waals surface area contributed by atoms with Crippen molar-refractivity contribution >= 4 is 11.0 Å². The molecule has 4 heteroatoms. The summed E-state index contributed by atoms with van der Waals surface area (Å²) in [4.78, 5) is 17.0. The van der Waals surface area contributed by atoms with Crippen molar-refractivity contribution in [2.45, 2.75) is 32.6 Å². The van der Waals surface area contributed by atoms with Gasteiger partial charge in [0.25, 0.3) is 0 Å². The molecule has 1 saturated carbocycles. The molecular weight excluding hydrogens is 262 g/mol. The van der Waals surface area contributed by atoms with E-state index < -0.39 is 0 Å². The van der Waals surface area contributed by atoms with Crippen LogP contribution in [0, 0.1) is 17.3 Å². The molecule has 1 aliphatic carbocycles. The minimum atomic E-state index is -0.118. The van der Waals surface area contributed by atoms with Crippen LogP contribution >= 0.6 is 0 Å². The van der Waals surface area contributed by atoms with E-state index in [9.17, 15) is 4.79 Å². The largest absolute Gasteiger partial charge is 0.323 e. The van der Waals surface area contributed by atoms with Crippen molar-refractivity contribution in [3.8, 4) is 0 Å². The summed E-state index contributed by atoms with van der Waals surface area (Å²) in [6, 6.07) is 6.32. The van der Waals surface area contributed by atoms with E-state index >= 15 is 0 Å². The van der Waals surface area contributed by atoms with Gasteiger partial charge in [-0.2, -0.15) is 0 Å². The van der Waals surface area contributed by atoms with Crippen LogP contribution in [0.5, 0.6) is 0 Å². The number of fused-ring (bicyclic) bond motifs is 1. The quantitative estimate of drug-likeness (QED) is 0.793. The monoisotopic (exact) mass is 285 g/mol. The SMILES string of the molecule is CC1CC2(CCNC2)CC1Cc1ccc2[nH]c(=O)[nH]c2c1.